The van der Waals surface area contributed by atoms with Crippen LogP contribution in [0.1, 0.15) is 90.9 Å². The number of rotatable bonds is 16. The molecular weight excluding hydrogens is 673 g/mol. The number of hydrogen-bond acceptors (Lipinski definition) is 6. The molecule has 0 spiro atoms. The van der Waals surface area contributed by atoms with Gasteiger partial charge in [-0.25, -0.2) is 9.98 Å². The molecule has 2 aromatic heterocycles. The monoisotopic (exact) mass is 720 g/mol. The van der Waals surface area contributed by atoms with Crippen LogP contribution in [0.4, 0.5) is 11.4 Å². The minimum atomic E-state index is 0.648. The zero-order chi connectivity index (χ0) is 36.4. The number of hydrogen-bond donors (Lipinski definition) is 0. The van der Waals surface area contributed by atoms with E-state index in [0.717, 1.165) is 79.3 Å². The van der Waals surface area contributed by atoms with Gasteiger partial charge in [0.2, 0.25) is 0 Å². The van der Waals surface area contributed by atoms with Gasteiger partial charge in [-0.2, -0.15) is 9.46 Å². The van der Waals surface area contributed by atoms with Crippen molar-refractivity contribution in [3.8, 4) is 23.0 Å². The normalized spacial score (nSPS) is 12.8. The van der Waals surface area contributed by atoms with Crippen LogP contribution in [-0.4, -0.2) is 22.7 Å². The summed E-state index contributed by atoms with van der Waals surface area (Å²) in [5.74, 6) is 2.75. The molecule has 0 saturated heterocycles. The first kappa shape index (κ1) is 34.3. The second-order valence-corrected chi connectivity index (χ2v) is 14.7. The average molecular weight is 721 g/mol. The Morgan fingerprint density at radius 1 is 0.481 bits per heavy atom. The minimum Gasteiger partial charge on any atom is -0.452 e. The molecule has 7 aromatic rings. The summed E-state index contributed by atoms with van der Waals surface area (Å²) in [6.45, 7) is 5.83. The van der Waals surface area contributed by atoms with E-state index in [-0.39, 0.29) is 0 Å². The minimum absolute atomic E-state index is 0.648. The number of fused-ring (bicyclic) bond motifs is 12. The van der Waals surface area contributed by atoms with E-state index in [1.807, 2.05) is 33.7 Å². The Morgan fingerprint density at radius 3 is 1.37 bits per heavy atom. The molecule has 0 aliphatic carbocycles. The topological polar surface area (TPSA) is 71.5 Å². The van der Waals surface area contributed by atoms with E-state index in [4.69, 9.17) is 29.1 Å². The lowest BCUT2D eigenvalue weighted by atomic mass is 10.1. The zero-order valence-electron chi connectivity index (χ0n) is 31.4. The molecule has 0 N–H and O–H groups in total. The van der Waals surface area contributed by atoms with E-state index in [2.05, 4.69) is 74.5 Å². The average Bonchev–Trinajstić information content (AvgIpc) is 3.70. The SMILES string of the molecule is CCCCCCCCOn1c2ccccc2c2c3c(ccc21)N=c1cc2c(cc1O3)=Nc1ccc3c(c1O2)c1ccccc1n3OCCCCCCCC. The Morgan fingerprint density at radius 2 is 0.907 bits per heavy atom. The van der Waals surface area contributed by atoms with Gasteiger partial charge in [-0.15, -0.1) is 0 Å². The zero-order valence-corrected chi connectivity index (χ0v) is 31.4. The lowest BCUT2D eigenvalue weighted by molar-refractivity contribution is 0.125. The second-order valence-electron chi connectivity index (χ2n) is 14.7. The van der Waals surface area contributed by atoms with Crippen LogP contribution in [0.2, 0.25) is 0 Å². The summed E-state index contributed by atoms with van der Waals surface area (Å²) in [5, 5.41) is 5.55. The van der Waals surface area contributed by atoms with Crippen LogP contribution in [0.25, 0.3) is 43.6 Å². The van der Waals surface area contributed by atoms with E-state index >= 15 is 0 Å². The maximum atomic E-state index is 6.75. The molecule has 276 valence electrons. The number of ether oxygens (including phenoxy) is 2. The maximum absolute atomic E-state index is 6.75. The smallest absolute Gasteiger partial charge is 0.163 e. The Labute approximate surface area is 315 Å². The van der Waals surface area contributed by atoms with Crippen LogP contribution in [0, 0.1) is 0 Å². The number of nitrogens with zero attached hydrogens (tertiary/aromatic N) is 4. The maximum Gasteiger partial charge on any atom is 0.163 e. The third-order valence-corrected chi connectivity index (χ3v) is 10.8. The van der Waals surface area contributed by atoms with Crippen molar-refractivity contribution in [2.24, 2.45) is 9.98 Å². The van der Waals surface area contributed by atoms with Crippen molar-refractivity contribution in [3.05, 3.63) is 95.6 Å². The summed E-state index contributed by atoms with van der Waals surface area (Å²) in [6, 6.07) is 28.8. The Bertz CT molecular complexity index is 2440. The van der Waals surface area contributed by atoms with Crippen molar-refractivity contribution in [3.63, 3.8) is 0 Å². The van der Waals surface area contributed by atoms with Crippen molar-refractivity contribution in [2.45, 2.75) is 90.9 Å². The molecule has 0 atom stereocenters. The standard InChI is InChI=1S/C46H48N4O4/c1-3-5-7-9-11-17-27-51-49-37-21-15-13-19-31(37)43-39(49)25-23-33-45(43)53-41-29-36-42(30-35(41)47-33)54-46-34(48-36)24-26-40-44(46)32-20-14-16-22-38(32)50(40)52-28-18-12-10-8-6-4-2/h13-16,19-26,29-30H,3-12,17-18,27-28H2,1-2H3. The first-order chi connectivity index (χ1) is 26.7. The van der Waals surface area contributed by atoms with Gasteiger partial charge in [-0.05, 0) is 62.1 Å². The van der Waals surface area contributed by atoms with E-state index in [1.54, 1.807) is 0 Å². The summed E-state index contributed by atoms with van der Waals surface area (Å²) >= 11 is 0. The van der Waals surface area contributed by atoms with Gasteiger partial charge >= 0.3 is 0 Å². The van der Waals surface area contributed by atoms with Crippen LogP contribution in [0.3, 0.4) is 0 Å². The Balaban J connectivity index is 1.03. The highest BCUT2D eigenvalue weighted by atomic mass is 16.7. The fourth-order valence-electron chi connectivity index (χ4n) is 8.06. The number of benzene rings is 5. The van der Waals surface area contributed by atoms with Crippen LogP contribution in [-0.2, 0) is 0 Å². The highest BCUT2D eigenvalue weighted by Gasteiger charge is 2.26. The molecule has 2 aliphatic heterocycles. The van der Waals surface area contributed by atoms with Crippen LogP contribution in [0.15, 0.2) is 94.9 Å². The molecule has 2 aliphatic rings. The molecule has 8 nitrogen and oxygen atoms in total. The lowest BCUT2D eigenvalue weighted by Crippen LogP contribution is -2.18. The van der Waals surface area contributed by atoms with E-state index in [0.29, 0.717) is 35.4 Å². The first-order valence-corrected chi connectivity index (χ1v) is 20.1. The molecule has 4 heterocycles. The lowest BCUT2D eigenvalue weighted by Gasteiger charge is -2.19. The summed E-state index contributed by atoms with van der Waals surface area (Å²) in [6.07, 6.45) is 14.6. The summed E-state index contributed by atoms with van der Waals surface area (Å²) in [4.78, 5) is 23.1. The van der Waals surface area contributed by atoms with Crippen molar-refractivity contribution in [2.75, 3.05) is 13.2 Å². The van der Waals surface area contributed by atoms with Gasteiger partial charge in [0.05, 0.1) is 32.8 Å². The van der Waals surface area contributed by atoms with Gasteiger partial charge in [-0.3, -0.25) is 0 Å². The number of aromatic nitrogens is 2. The third-order valence-electron chi connectivity index (χ3n) is 10.8. The fraction of sp³-hybridized carbons (Fsp3) is 0.348. The molecular formula is C46H48N4O4. The summed E-state index contributed by atoms with van der Waals surface area (Å²) < 4.78 is 17.5. The van der Waals surface area contributed by atoms with Crippen molar-refractivity contribution < 1.29 is 19.1 Å². The van der Waals surface area contributed by atoms with Gasteiger partial charge in [0.15, 0.2) is 23.0 Å². The predicted octanol–water partition coefficient (Wildman–Crippen LogP) is 11.6. The molecule has 0 amide bonds. The molecule has 5 aromatic carbocycles. The van der Waals surface area contributed by atoms with E-state index in [9.17, 15) is 0 Å². The fourth-order valence-corrected chi connectivity index (χ4v) is 8.06. The van der Waals surface area contributed by atoms with Gasteiger partial charge in [-0.1, -0.05) is 102 Å². The second kappa shape index (κ2) is 15.1. The van der Waals surface area contributed by atoms with Gasteiger partial charge < -0.3 is 19.1 Å². The third kappa shape index (κ3) is 6.21. The first-order valence-electron chi connectivity index (χ1n) is 20.1. The van der Waals surface area contributed by atoms with Crippen LogP contribution < -0.4 is 29.9 Å². The van der Waals surface area contributed by atoms with Crippen LogP contribution >= 0.6 is 0 Å². The molecule has 54 heavy (non-hydrogen) atoms. The Hall–Kier alpha value is -5.50. The predicted molar refractivity (Wildman–Crippen MR) is 217 cm³/mol. The van der Waals surface area contributed by atoms with E-state index < -0.39 is 0 Å². The van der Waals surface area contributed by atoms with Gasteiger partial charge in [0.25, 0.3) is 0 Å². The van der Waals surface area contributed by atoms with Crippen molar-refractivity contribution in [1.29, 1.82) is 0 Å². The van der Waals surface area contributed by atoms with E-state index in [1.165, 1.54) is 64.2 Å². The van der Waals surface area contributed by atoms with Crippen molar-refractivity contribution in [1.82, 2.24) is 9.46 Å². The molecule has 0 radical (unpaired) electrons. The van der Waals surface area contributed by atoms with Gasteiger partial charge in [0, 0.05) is 22.9 Å². The molecule has 0 bridgehead atoms. The molecule has 8 heteroatoms. The quantitative estimate of drug-likeness (QED) is 0.0932. The molecule has 0 unspecified atom stereocenters. The largest absolute Gasteiger partial charge is 0.452 e. The molecule has 9 rings (SSSR count). The van der Waals surface area contributed by atoms with Crippen molar-refractivity contribution >= 4 is 55.0 Å². The Kier molecular flexibility index (Phi) is 9.58. The highest BCUT2D eigenvalue weighted by Crippen LogP contribution is 2.47. The highest BCUT2D eigenvalue weighted by molar-refractivity contribution is 6.14. The number of unbranched alkanes of at least 4 members (excludes halogenated alkanes) is 10. The summed E-state index contributed by atoms with van der Waals surface area (Å²) in [7, 11) is 0. The molecule has 0 fully saturated rings. The van der Waals surface area contributed by atoms with Crippen LogP contribution in [0.5, 0.6) is 23.0 Å². The molecule has 0 saturated carbocycles. The number of para-hydroxylation sites is 2. The van der Waals surface area contributed by atoms with Gasteiger partial charge in [0.1, 0.15) is 35.3 Å². The summed E-state index contributed by atoms with van der Waals surface area (Å²) in [5.41, 5.74) is 5.53.